The van der Waals surface area contributed by atoms with E-state index in [2.05, 4.69) is 5.32 Å². The molecular weight excluding hydrogens is 232 g/mol. The molecule has 0 unspecified atom stereocenters. The lowest BCUT2D eigenvalue weighted by atomic mass is 9.80. The van der Waals surface area contributed by atoms with E-state index in [1.807, 2.05) is 0 Å². The highest BCUT2D eigenvalue weighted by Crippen LogP contribution is 2.35. The van der Waals surface area contributed by atoms with Gasteiger partial charge in [-0.3, -0.25) is 0 Å². The molecular formula is C13H18N2O3. The lowest BCUT2D eigenvalue weighted by molar-refractivity contribution is -0.0601. The van der Waals surface area contributed by atoms with Gasteiger partial charge >= 0.3 is 5.97 Å². The van der Waals surface area contributed by atoms with Crippen molar-refractivity contribution in [1.82, 2.24) is 0 Å². The summed E-state index contributed by atoms with van der Waals surface area (Å²) in [7, 11) is 1.71. The number of carboxylic acids is 1. The average molecular weight is 250 g/mol. The minimum atomic E-state index is -0.955. The van der Waals surface area contributed by atoms with Gasteiger partial charge in [0, 0.05) is 13.7 Å². The summed E-state index contributed by atoms with van der Waals surface area (Å²) < 4.78 is 5.49. The highest BCUT2D eigenvalue weighted by Gasteiger charge is 2.36. The van der Waals surface area contributed by atoms with E-state index in [1.165, 1.54) is 12.5 Å². The summed E-state index contributed by atoms with van der Waals surface area (Å²) in [5.74, 6) is -0.955. The van der Waals surface area contributed by atoms with E-state index in [9.17, 15) is 4.79 Å². The molecule has 2 rings (SSSR count). The molecule has 4 N–H and O–H groups in total. The van der Waals surface area contributed by atoms with Crippen LogP contribution in [0.25, 0.3) is 0 Å². The fourth-order valence-corrected chi connectivity index (χ4v) is 2.12. The van der Waals surface area contributed by atoms with Crippen molar-refractivity contribution in [1.29, 1.82) is 0 Å². The van der Waals surface area contributed by atoms with Crippen molar-refractivity contribution in [3.8, 4) is 0 Å². The van der Waals surface area contributed by atoms with Crippen LogP contribution in [0.15, 0.2) is 18.2 Å². The summed E-state index contributed by atoms with van der Waals surface area (Å²) >= 11 is 0. The summed E-state index contributed by atoms with van der Waals surface area (Å²) in [5.41, 5.74) is 7.13. The molecule has 0 aliphatic heterocycles. The van der Waals surface area contributed by atoms with Crippen LogP contribution < -0.4 is 11.1 Å². The lowest BCUT2D eigenvalue weighted by Gasteiger charge is -2.40. The van der Waals surface area contributed by atoms with Crippen LogP contribution in [0.2, 0.25) is 0 Å². The van der Waals surface area contributed by atoms with Gasteiger partial charge < -0.3 is 20.9 Å². The number of nitrogens with one attached hydrogen (secondary N) is 1. The molecule has 1 aromatic carbocycles. The third kappa shape index (κ3) is 2.41. The van der Waals surface area contributed by atoms with Crippen LogP contribution in [0.5, 0.6) is 0 Å². The number of anilines is 2. The van der Waals surface area contributed by atoms with Crippen LogP contribution in [0.4, 0.5) is 11.4 Å². The first-order valence-electron chi connectivity index (χ1n) is 5.98. The lowest BCUT2D eigenvalue weighted by Crippen LogP contribution is -2.45. The molecule has 0 bridgehead atoms. The second-order valence-electron chi connectivity index (χ2n) is 4.70. The third-order valence-corrected chi connectivity index (χ3v) is 3.60. The van der Waals surface area contributed by atoms with Crippen molar-refractivity contribution >= 4 is 17.3 Å². The Labute approximate surface area is 106 Å². The predicted molar refractivity (Wildman–Crippen MR) is 69.9 cm³/mol. The standard InChI is InChI=1S/C13H18N2O3/c1-18-13(5-2-6-13)8-15-11-7-9(12(16)17)3-4-10(11)14/h3-4,7,15H,2,5-6,8,14H2,1H3,(H,16,17). The Morgan fingerprint density at radius 3 is 2.78 bits per heavy atom. The minimum Gasteiger partial charge on any atom is -0.478 e. The van der Waals surface area contributed by atoms with Gasteiger partial charge in [0.25, 0.3) is 0 Å². The molecule has 0 radical (unpaired) electrons. The molecule has 18 heavy (non-hydrogen) atoms. The first-order chi connectivity index (χ1) is 8.56. The van der Waals surface area contributed by atoms with Crippen molar-refractivity contribution in [2.45, 2.75) is 24.9 Å². The Kier molecular flexibility index (Phi) is 3.43. The van der Waals surface area contributed by atoms with Crippen LogP contribution >= 0.6 is 0 Å². The molecule has 98 valence electrons. The van der Waals surface area contributed by atoms with Crippen LogP contribution in [0.3, 0.4) is 0 Å². The monoisotopic (exact) mass is 250 g/mol. The maximum atomic E-state index is 10.9. The Balaban J connectivity index is 2.08. The SMILES string of the molecule is COC1(CNc2cc(C(=O)O)ccc2N)CCC1. The molecule has 1 aromatic rings. The van der Waals surface area contributed by atoms with Gasteiger partial charge in [-0.05, 0) is 37.5 Å². The van der Waals surface area contributed by atoms with E-state index in [4.69, 9.17) is 15.6 Å². The van der Waals surface area contributed by atoms with Crippen LogP contribution in [0, 0.1) is 0 Å². The van der Waals surface area contributed by atoms with Crippen LogP contribution in [-0.2, 0) is 4.74 Å². The average Bonchev–Trinajstić information content (AvgIpc) is 2.30. The molecule has 0 heterocycles. The summed E-state index contributed by atoms with van der Waals surface area (Å²) in [6.45, 7) is 0.650. The van der Waals surface area contributed by atoms with E-state index < -0.39 is 5.97 Å². The number of carboxylic acid groups (broad SMARTS) is 1. The first-order valence-corrected chi connectivity index (χ1v) is 5.98. The minimum absolute atomic E-state index is 0.119. The van der Waals surface area contributed by atoms with Gasteiger partial charge in [0.05, 0.1) is 22.5 Å². The number of carbonyl (C=O) groups is 1. The zero-order chi connectivity index (χ0) is 13.2. The van der Waals surface area contributed by atoms with E-state index in [1.54, 1.807) is 19.2 Å². The summed E-state index contributed by atoms with van der Waals surface area (Å²) in [4.78, 5) is 10.9. The fourth-order valence-electron chi connectivity index (χ4n) is 2.12. The molecule has 0 aromatic heterocycles. The highest BCUT2D eigenvalue weighted by atomic mass is 16.5. The van der Waals surface area contributed by atoms with Gasteiger partial charge in [0.15, 0.2) is 0 Å². The molecule has 5 heteroatoms. The Bertz CT molecular complexity index is 450. The molecule has 0 amide bonds. The molecule has 0 saturated heterocycles. The Hall–Kier alpha value is -1.75. The maximum absolute atomic E-state index is 10.9. The van der Waals surface area contributed by atoms with Gasteiger partial charge in [-0.1, -0.05) is 0 Å². The summed E-state index contributed by atoms with van der Waals surface area (Å²) in [5, 5.41) is 12.1. The number of nitrogen functional groups attached to an aromatic ring is 1. The highest BCUT2D eigenvalue weighted by molar-refractivity contribution is 5.90. The Morgan fingerprint density at radius 1 is 1.56 bits per heavy atom. The smallest absolute Gasteiger partial charge is 0.335 e. The third-order valence-electron chi connectivity index (χ3n) is 3.60. The van der Waals surface area contributed by atoms with Gasteiger partial charge in [-0.25, -0.2) is 4.79 Å². The largest absolute Gasteiger partial charge is 0.478 e. The number of rotatable bonds is 5. The van der Waals surface area contributed by atoms with Crippen molar-refractivity contribution in [3.63, 3.8) is 0 Å². The topological polar surface area (TPSA) is 84.6 Å². The van der Waals surface area contributed by atoms with E-state index in [-0.39, 0.29) is 11.2 Å². The zero-order valence-electron chi connectivity index (χ0n) is 10.4. The molecule has 0 atom stereocenters. The molecule has 1 aliphatic carbocycles. The second-order valence-corrected chi connectivity index (χ2v) is 4.70. The Morgan fingerprint density at radius 2 is 2.28 bits per heavy atom. The van der Waals surface area contributed by atoms with Crippen molar-refractivity contribution in [2.75, 3.05) is 24.7 Å². The number of ether oxygens (including phenoxy) is 1. The van der Waals surface area contributed by atoms with Crippen molar-refractivity contribution in [2.24, 2.45) is 0 Å². The van der Waals surface area contributed by atoms with Gasteiger partial charge in [-0.2, -0.15) is 0 Å². The number of hydrogen-bond donors (Lipinski definition) is 3. The van der Waals surface area contributed by atoms with Gasteiger partial charge in [0.1, 0.15) is 0 Å². The van der Waals surface area contributed by atoms with Crippen molar-refractivity contribution in [3.05, 3.63) is 23.8 Å². The molecule has 1 fully saturated rings. The van der Waals surface area contributed by atoms with E-state index in [0.29, 0.717) is 17.9 Å². The zero-order valence-corrected chi connectivity index (χ0v) is 10.4. The van der Waals surface area contributed by atoms with E-state index in [0.717, 1.165) is 12.8 Å². The summed E-state index contributed by atoms with van der Waals surface area (Å²) in [6, 6.07) is 4.66. The first kappa shape index (κ1) is 12.7. The van der Waals surface area contributed by atoms with Crippen LogP contribution in [0.1, 0.15) is 29.6 Å². The number of methoxy groups -OCH3 is 1. The normalized spacial score (nSPS) is 16.9. The molecule has 5 nitrogen and oxygen atoms in total. The maximum Gasteiger partial charge on any atom is 0.335 e. The fraction of sp³-hybridized carbons (Fsp3) is 0.462. The van der Waals surface area contributed by atoms with Gasteiger partial charge in [0.2, 0.25) is 0 Å². The van der Waals surface area contributed by atoms with Crippen LogP contribution in [-0.4, -0.2) is 30.3 Å². The second kappa shape index (κ2) is 4.86. The van der Waals surface area contributed by atoms with E-state index >= 15 is 0 Å². The number of aromatic carboxylic acids is 1. The number of benzene rings is 1. The van der Waals surface area contributed by atoms with Crippen molar-refractivity contribution < 1.29 is 14.6 Å². The quantitative estimate of drug-likeness (QED) is 0.695. The molecule has 0 spiro atoms. The van der Waals surface area contributed by atoms with Gasteiger partial charge in [-0.15, -0.1) is 0 Å². The molecule has 1 aliphatic rings. The molecule has 1 saturated carbocycles. The summed E-state index contributed by atoms with van der Waals surface area (Å²) in [6.07, 6.45) is 3.21. The number of hydrogen-bond acceptors (Lipinski definition) is 4. The number of nitrogens with two attached hydrogens (primary N) is 1. The predicted octanol–water partition coefficient (Wildman–Crippen LogP) is 1.95.